The predicted molar refractivity (Wildman–Crippen MR) is 65.4 cm³/mol. The Morgan fingerprint density at radius 1 is 1.56 bits per heavy atom. The fourth-order valence-corrected chi connectivity index (χ4v) is 2.03. The average Bonchev–Trinajstić information content (AvgIpc) is 2.34. The van der Waals surface area contributed by atoms with E-state index in [9.17, 15) is 4.79 Å². The predicted octanol–water partition coefficient (Wildman–Crippen LogP) is 1.45. The molecule has 1 heterocycles. The number of esters is 1. The number of rotatable bonds is 6. The van der Waals surface area contributed by atoms with Crippen LogP contribution in [0.4, 0.5) is 0 Å². The van der Waals surface area contributed by atoms with Crippen LogP contribution in [0.3, 0.4) is 0 Å². The zero-order chi connectivity index (χ0) is 11.8. The third-order valence-electron chi connectivity index (χ3n) is 1.94. The van der Waals surface area contributed by atoms with Gasteiger partial charge in [-0.25, -0.2) is 9.78 Å². The number of carbonyl (C=O) groups is 1. The van der Waals surface area contributed by atoms with Gasteiger partial charge in [0.2, 0.25) is 0 Å². The van der Waals surface area contributed by atoms with Crippen LogP contribution < -0.4 is 5.73 Å². The van der Waals surface area contributed by atoms with E-state index < -0.39 is 5.97 Å². The summed E-state index contributed by atoms with van der Waals surface area (Å²) in [5, 5.41) is 0. The van der Waals surface area contributed by atoms with Crippen LogP contribution in [0.2, 0.25) is 0 Å². The Hall–Kier alpha value is -1.07. The molecule has 0 spiro atoms. The van der Waals surface area contributed by atoms with Crippen molar-refractivity contribution in [3.63, 3.8) is 0 Å². The fourth-order valence-electron chi connectivity index (χ4n) is 1.14. The largest absolute Gasteiger partial charge is 0.464 e. The maximum Gasteiger partial charge on any atom is 0.356 e. The van der Waals surface area contributed by atoms with Crippen molar-refractivity contribution in [3.8, 4) is 0 Å². The molecule has 16 heavy (non-hydrogen) atoms. The first-order valence-electron chi connectivity index (χ1n) is 5.10. The maximum absolute atomic E-state index is 11.2. The first kappa shape index (κ1) is 13.0. The van der Waals surface area contributed by atoms with E-state index in [1.807, 2.05) is 12.1 Å². The molecule has 0 amide bonds. The van der Waals surface area contributed by atoms with Gasteiger partial charge in [0, 0.05) is 5.75 Å². The lowest BCUT2D eigenvalue weighted by molar-refractivity contribution is 0.0594. The molecule has 5 heteroatoms. The Morgan fingerprint density at radius 2 is 2.38 bits per heavy atom. The molecule has 0 aliphatic rings. The molecule has 1 aromatic rings. The molecular formula is C11H16N2O2S. The van der Waals surface area contributed by atoms with Gasteiger partial charge in [-0.05, 0) is 30.9 Å². The highest BCUT2D eigenvalue weighted by molar-refractivity contribution is 7.98. The van der Waals surface area contributed by atoms with Gasteiger partial charge in [0.05, 0.1) is 12.8 Å². The zero-order valence-electron chi connectivity index (χ0n) is 9.31. The molecule has 0 fully saturated rings. The van der Waals surface area contributed by atoms with Gasteiger partial charge in [0.15, 0.2) is 0 Å². The number of ether oxygens (including phenoxy) is 1. The van der Waals surface area contributed by atoms with Crippen LogP contribution in [-0.4, -0.2) is 30.4 Å². The molecule has 4 nitrogen and oxygen atoms in total. The Morgan fingerprint density at radius 3 is 3.06 bits per heavy atom. The molecular weight excluding hydrogens is 224 g/mol. The molecule has 0 saturated carbocycles. The van der Waals surface area contributed by atoms with E-state index in [1.165, 1.54) is 7.11 Å². The molecule has 1 aromatic heterocycles. The van der Waals surface area contributed by atoms with E-state index in [1.54, 1.807) is 17.8 Å². The SMILES string of the molecule is COC(=O)c1cccc(CSCCCN)n1. The van der Waals surface area contributed by atoms with Gasteiger partial charge >= 0.3 is 5.97 Å². The van der Waals surface area contributed by atoms with E-state index in [4.69, 9.17) is 5.73 Å². The van der Waals surface area contributed by atoms with E-state index in [2.05, 4.69) is 9.72 Å². The third kappa shape index (κ3) is 4.20. The standard InChI is InChI=1S/C11H16N2O2S/c1-15-11(14)10-5-2-4-9(13-10)8-16-7-3-6-12/h2,4-5H,3,6-8,12H2,1H3. The molecule has 2 N–H and O–H groups in total. The number of nitrogens with two attached hydrogens (primary N) is 1. The summed E-state index contributed by atoms with van der Waals surface area (Å²) in [6.07, 6.45) is 1.00. The minimum Gasteiger partial charge on any atom is -0.464 e. The highest BCUT2D eigenvalue weighted by atomic mass is 32.2. The van der Waals surface area contributed by atoms with Gasteiger partial charge in [0.1, 0.15) is 5.69 Å². The van der Waals surface area contributed by atoms with Crippen molar-refractivity contribution in [1.29, 1.82) is 0 Å². The van der Waals surface area contributed by atoms with Crippen LogP contribution in [0.15, 0.2) is 18.2 Å². The van der Waals surface area contributed by atoms with E-state index in [0.717, 1.165) is 23.6 Å². The van der Waals surface area contributed by atoms with Crippen molar-refractivity contribution in [3.05, 3.63) is 29.6 Å². The summed E-state index contributed by atoms with van der Waals surface area (Å²) in [4.78, 5) is 15.4. The molecule has 0 aliphatic heterocycles. The van der Waals surface area contributed by atoms with Crippen LogP contribution in [0.25, 0.3) is 0 Å². The molecule has 0 aromatic carbocycles. The zero-order valence-corrected chi connectivity index (χ0v) is 10.1. The number of aromatic nitrogens is 1. The Labute approximate surface area is 99.6 Å². The number of nitrogens with zero attached hydrogens (tertiary/aromatic N) is 1. The Bertz CT molecular complexity index is 345. The maximum atomic E-state index is 11.2. The van der Waals surface area contributed by atoms with Crippen molar-refractivity contribution >= 4 is 17.7 Å². The molecule has 0 bridgehead atoms. The Balaban J connectivity index is 2.50. The van der Waals surface area contributed by atoms with Crippen molar-refractivity contribution in [2.45, 2.75) is 12.2 Å². The monoisotopic (exact) mass is 240 g/mol. The summed E-state index contributed by atoms with van der Waals surface area (Å²) in [7, 11) is 1.35. The van der Waals surface area contributed by atoms with E-state index >= 15 is 0 Å². The molecule has 0 atom stereocenters. The van der Waals surface area contributed by atoms with Crippen molar-refractivity contribution < 1.29 is 9.53 Å². The lowest BCUT2D eigenvalue weighted by Gasteiger charge is -2.03. The topological polar surface area (TPSA) is 65.2 Å². The van der Waals surface area contributed by atoms with Crippen LogP contribution >= 0.6 is 11.8 Å². The molecule has 0 aliphatic carbocycles. The highest BCUT2D eigenvalue weighted by Gasteiger charge is 2.07. The minimum absolute atomic E-state index is 0.361. The van der Waals surface area contributed by atoms with Crippen LogP contribution in [-0.2, 0) is 10.5 Å². The fraction of sp³-hybridized carbons (Fsp3) is 0.455. The third-order valence-corrected chi connectivity index (χ3v) is 3.02. The number of hydrogen-bond acceptors (Lipinski definition) is 5. The van der Waals surface area contributed by atoms with E-state index in [0.29, 0.717) is 12.2 Å². The van der Waals surface area contributed by atoms with Crippen LogP contribution in [0, 0.1) is 0 Å². The molecule has 88 valence electrons. The molecule has 0 unspecified atom stereocenters. The van der Waals surface area contributed by atoms with Crippen LogP contribution in [0.5, 0.6) is 0 Å². The molecule has 1 rings (SSSR count). The minimum atomic E-state index is -0.395. The van der Waals surface area contributed by atoms with Crippen molar-refractivity contribution in [1.82, 2.24) is 4.98 Å². The summed E-state index contributed by atoms with van der Waals surface area (Å²) >= 11 is 1.76. The van der Waals surface area contributed by atoms with Gasteiger partial charge in [-0.3, -0.25) is 0 Å². The number of carbonyl (C=O) groups excluding carboxylic acids is 1. The number of methoxy groups -OCH3 is 1. The van der Waals surface area contributed by atoms with Crippen molar-refractivity contribution in [2.75, 3.05) is 19.4 Å². The summed E-state index contributed by atoms with van der Waals surface area (Å²) < 4.78 is 4.61. The van der Waals surface area contributed by atoms with Gasteiger partial charge < -0.3 is 10.5 Å². The first-order valence-corrected chi connectivity index (χ1v) is 6.25. The quantitative estimate of drug-likeness (QED) is 0.602. The lowest BCUT2D eigenvalue weighted by atomic mass is 10.3. The van der Waals surface area contributed by atoms with Gasteiger partial charge in [0.25, 0.3) is 0 Å². The number of hydrogen-bond donors (Lipinski definition) is 1. The summed E-state index contributed by atoms with van der Waals surface area (Å²) in [6.45, 7) is 0.711. The van der Waals surface area contributed by atoms with E-state index in [-0.39, 0.29) is 0 Å². The average molecular weight is 240 g/mol. The van der Waals surface area contributed by atoms with Crippen molar-refractivity contribution in [2.24, 2.45) is 5.73 Å². The first-order chi connectivity index (χ1) is 7.77. The number of thioether (sulfide) groups is 1. The summed E-state index contributed by atoms with van der Waals surface area (Å²) in [5.74, 6) is 1.42. The Kier molecular flexibility index (Phi) is 5.88. The number of pyridine rings is 1. The van der Waals surface area contributed by atoms with Crippen LogP contribution in [0.1, 0.15) is 22.6 Å². The summed E-state index contributed by atoms with van der Waals surface area (Å²) in [5.41, 5.74) is 6.65. The van der Waals surface area contributed by atoms with Gasteiger partial charge in [-0.15, -0.1) is 0 Å². The smallest absolute Gasteiger partial charge is 0.356 e. The summed E-state index contributed by atoms with van der Waals surface area (Å²) in [6, 6.07) is 5.37. The highest BCUT2D eigenvalue weighted by Crippen LogP contribution is 2.11. The molecule has 0 radical (unpaired) electrons. The lowest BCUT2D eigenvalue weighted by Crippen LogP contribution is -2.05. The second-order valence-corrected chi connectivity index (χ2v) is 4.31. The normalized spacial score (nSPS) is 10.1. The van der Waals surface area contributed by atoms with Gasteiger partial charge in [-0.2, -0.15) is 11.8 Å². The van der Waals surface area contributed by atoms with Gasteiger partial charge in [-0.1, -0.05) is 6.07 Å². The second-order valence-electron chi connectivity index (χ2n) is 3.20. The molecule has 0 saturated heterocycles. The second kappa shape index (κ2) is 7.24.